The zero-order valence-electron chi connectivity index (χ0n) is 18.0. The van der Waals surface area contributed by atoms with E-state index in [9.17, 15) is 18.0 Å². The number of likely N-dealkylation sites (tertiary alicyclic amines) is 1. The first-order valence-electron chi connectivity index (χ1n) is 11.0. The number of carbonyl (C=O) groups excluding carboxylic acids is 2. The second-order valence-corrected chi connectivity index (χ2v) is 11.1. The fourth-order valence-corrected chi connectivity index (χ4v) is 7.07. The molecule has 0 spiro atoms. The van der Waals surface area contributed by atoms with Gasteiger partial charge >= 0.3 is 0 Å². The molecule has 1 aromatic heterocycles. The molecular formula is C21H33N3O4S2. The molecule has 1 aromatic rings. The Bertz CT molecular complexity index is 838. The van der Waals surface area contributed by atoms with Gasteiger partial charge < -0.3 is 9.80 Å². The Kier molecular flexibility index (Phi) is 7.92. The monoisotopic (exact) mass is 455 g/mol. The number of hydrogen-bond acceptors (Lipinski definition) is 5. The highest BCUT2D eigenvalue weighted by Crippen LogP contribution is 2.30. The summed E-state index contributed by atoms with van der Waals surface area (Å²) in [5.74, 6) is -0.137. The maximum Gasteiger partial charge on any atom is 0.265 e. The Morgan fingerprint density at radius 1 is 1.13 bits per heavy atom. The molecule has 9 heteroatoms. The van der Waals surface area contributed by atoms with Gasteiger partial charge in [0.05, 0.1) is 0 Å². The molecule has 2 amide bonds. The van der Waals surface area contributed by atoms with Gasteiger partial charge in [-0.05, 0) is 43.6 Å². The lowest BCUT2D eigenvalue weighted by atomic mass is 9.95. The summed E-state index contributed by atoms with van der Waals surface area (Å²) in [4.78, 5) is 29.7. The van der Waals surface area contributed by atoms with E-state index in [-0.39, 0.29) is 22.6 Å². The van der Waals surface area contributed by atoms with Gasteiger partial charge in [0.15, 0.2) is 0 Å². The van der Waals surface area contributed by atoms with E-state index in [0.717, 1.165) is 38.6 Å². The third kappa shape index (κ3) is 5.06. The third-order valence-corrected chi connectivity index (χ3v) is 9.08. The fraction of sp³-hybridized carbons (Fsp3) is 0.714. The summed E-state index contributed by atoms with van der Waals surface area (Å²) in [6, 6.07) is 1.56. The highest BCUT2D eigenvalue weighted by atomic mass is 32.2. The van der Waals surface area contributed by atoms with Crippen LogP contribution in [0.5, 0.6) is 0 Å². The van der Waals surface area contributed by atoms with Crippen molar-refractivity contribution in [2.24, 2.45) is 5.92 Å². The molecular weight excluding hydrogens is 422 g/mol. The van der Waals surface area contributed by atoms with Gasteiger partial charge in [-0.15, -0.1) is 11.3 Å². The minimum Gasteiger partial charge on any atom is -0.346 e. The van der Waals surface area contributed by atoms with Crippen LogP contribution < -0.4 is 0 Å². The lowest BCUT2D eigenvalue weighted by molar-refractivity contribution is -0.135. The van der Waals surface area contributed by atoms with Gasteiger partial charge in [-0.1, -0.05) is 19.8 Å². The van der Waals surface area contributed by atoms with Crippen molar-refractivity contribution in [3.8, 4) is 0 Å². The molecule has 2 aliphatic heterocycles. The zero-order chi connectivity index (χ0) is 21.7. The molecule has 0 bridgehead atoms. The first-order valence-corrected chi connectivity index (χ1v) is 13.3. The smallest absolute Gasteiger partial charge is 0.265 e. The molecule has 7 nitrogen and oxygen atoms in total. The van der Waals surface area contributed by atoms with Crippen LogP contribution in [0.3, 0.4) is 0 Å². The van der Waals surface area contributed by atoms with Crippen molar-refractivity contribution in [3.05, 3.63) is 16.3 Å². The molecule has 3 rings (SSSR count). The predicted octanol–water partition coefficient (Wildman–Crippen LogP) is 3.03. The summed E-state index contributed by atoms with van der Waals surface area (Å²) in [6.07, 6.45) is 6.06. The van der Waals surface area contributed by atoms with Crippen molar-refractivity contribution in [2.75, 3.05) is 39.8 Å². The van der Waals surface area contributed by atoms with Crippen LogP contribution in [0.25, 0.3) is 0 Å². The average Bonchev–Trinajstić information content (AvgIpc) is 3.28. The minimum absolute atomic E-state index is 0.0594. The van der Waals surface area contributed by atoms with Gasteiger partial charge in [-0.3, -0.25) is 9.59 Å². The van der Waals surface area contributed by atoms with Crippen LogP contribution in [0.4, 0.5) is 0 Å². The maximum atomic E-state index is 13.1. The third-order valence-electron chi connectivity index (χ3n) is 6.11. The van der Waals surface area contributed by atoms with Gasteiger partial charge in [0.25, 0.3) is 5.91 Å². The van der Waals surface area contributed by atoms with E-state index in [1.54, 1.807) is 21.2 Å². The zero-order valence-corrected chi connectivity index (χ0v) is 19.6. The van der Waals surface area contributed by atoms with E-state index < -0.39 is 10.0 Å². The lowest BCUT2D eigenvalue weighted by Gasteiger charge is -2.33. The Labute approximate surface area is 184 Å². The highest BCUT2D eigenvalue weighted by molar-refractivity contribution is 7.89. The van der Waals surface area contributed by atoms with Crippen molar-refractivity contribution < 1.29 is 18.0 Å². The van der Waals surface area contributed by atoms with Gasteiger partial charge in [0.2, 0.25) is 15.9 Å². The number of sulfonamides is 1. The number of rotatable bonds is 7. The topological polar surface area (TPSA) is 78.0 Å². The second-order valence-electron chi connectivity index (χ2n) is 8.26. The summed E-state index contributed by atoms with van der Waals surface area (Å²) in [5, 5.41) is 1.68. The van der Waals surface area contributed by atoms with Gasteiger partial charge in [0.1, 0.15) is 9.77 Å². The highest BCUT2D eigenvalue weighted by Gasteiger charge is 2.34. The van der Waals surface area contributed by atoms with Crippen LogP contribution in [-0.2, 0) is 14.8 Å². The molecule has 0 aromatic carbocycles. The molecule has 0 radical (unpaired) electrons. The van der Waals surface area contributed by atoms with Crippen LogP contribution in [0.1, 0.15) is 61.5 Å². The molecule has 2 aliphatic rings. The molecule has 168 valence electrons. The Morgan fingerprint density at radius 2 is 1.80 bits per heavy atom. The van der Waals surface area contributed by atoms with E-state index in [4.69, 9.17) is 0 Å². The van der Waals surface area contributed by atoms with Crippen LogP contribution in [0.15, 0.2) is 16.3 Å². The molecule has 2 fully saturated rings. The quantitative estimate of drug-likeness (QED) is 0.633. The molecule has 0 unspecified atom stereocenters. The first-order chi connectivity index (χ1) is 14.4. The van der Waals surface area contributed by atoms with Crippen LogP contribution >= 0.6 is 11.3 Å². The number of amides is 2. The van der Waals surface area contributed by atoms with Crippen LogP contribution in [0, 0.1) is 5.92 Å². The largest absolute Gasteiger partial charge is 0.346 e. The number of thiophene rings is 1. The van der Waals surface area contributed by atoms with Gasteiger partial charge in [-0.2, -0.15) is 4.31 Å². The van der Waals surface area contributed by atoms with Crippen molar-refractivity contribution in [3.63, 3.8) is 0 Å². The predicted molar refractivity (Wildman–Crippen MR) is 118 cm³/mol. The molecule has 0 aliphatic carbocycles. The van der Waals surface area contributed by atoms with Crippen molar-refractivity contribution in [1.29, 1.82) is 0 Å². The molecule has 0 N–H and O–H groups in total. The van der Waals surface area contributed by atoms with Crippen molar-refractivity contribution >= 4 is 33.2 Å². The van der Waals surface area contributed by atoms with E-state index in [2.05, 4.69) is 6.92 Å². The number of piperidine rings is 2. The number of nitrogens with zero attached hydrogens (tertiary/aromatic N) is 3. The Balaban J connectivity index is 1.64. The molecule has 3 heterocycles. The summed E-state index contributed by atoms with van der Waals surface area (Å²) < 4.78 is 27.6. The average molecular weight is 456 g/mol. The summed E-state index contributed by atoms with van der Waals surface area (Å²) in [6.45, 7) is 4.87. The van der Waals surface area contributed by atoms with Gasteiger partial charge in [-0.25, -0.2) is 8.42 Å². The second kappa shape index (κ2) is 10.2. The minimum atomic E-state index is -3.64. The van der Waals surface area contributed by atoms with Crippen molar-refractivity contribution in [2.45, 2.75) is 56.8 Å². The van der Waals surface area contributed by atoms with Crippen LogP contribution in [0.2, 0.25) is 0 Å². The number of unbranched alkanes of at least 4 members (excludes halogenated alkanes) is 1. The molecule has 0 saturated carbocycles. The molecule has 2 saturated heterocycles. The number of carbonyl (C=O) groups is 2. The van der Waals surface area contributed by atoms with Crippen molar-refractivity contribution in [1.82, 2.24) is 14.1 Å². The summed E-state index contributed by atoms with van der Waals surface area (Å²) in [7, 11) is -1.80. The molecule has 30 heavy (non-hydrogen) atoms. The van der Waals surface area contributed by atoms with E-state index in [1.165, 1.54) is 15.6 Å². The molecule has 0 atom stereocenters. The standard InChI is InChI=1S/C21H33N3O4S2/c1-3-4-11-22(2)20(25)17-8-14-23(15-9-17)21(26)19-18(10-16-29-19)30(27,28)24-12-6-5-7-13-24/h10,16-17H,3-9,11-15H2,1-2H3. The summed E-state index contributed by atoms with van der Waals surface area (Å²) >= 11 is 1.19. The van der Waals surface area contributed by atoms with Crippen LogP contribution in [-0.4, -0.2) is 74.1 Å². The maximum absolute atomic E-state index is 13.1. The Hall–Kier alpha value is -1.45. The lowest BCUT2D eigenvalue weighted by Crippen LogP contribution is -2.44. The fourth-order valence-electron chi connectivity index (χ4n) is 4.19. The van der Waals surface area contributed by atoms with E-state index in [1.807, 2.05) is 7.05 Å². The Morgan fingerprint density at radius 3 is 2.43 bits per heavy atom. The SMILES string of the molecule is CCCCN(C)C(=O)C1CCN(C(=O)c2sccc2S(=O)(=O)N2CCCCC2)CC1. The summed E-state index contributed by atoms with van der Waals surface area (Å²) in [5.41, 5.74) is 0. The normalized spacial score (nSPS) is 19.1. The number of hydrogen-bond donors (Lipinski definition) is 0. The van der Waals surface area contributed by atoms with E-state index in [0.29, 0.717) is 43.9 Å². The van der Waals surface area contributed by atoms with Gasteiger partial charge in [0, 0.05) is 45.7 Å². The first kappa shape index (κ1) is 23.2. The van der Waals surface area contributed by atoms with E-state index >= 15 is 0 Å².